The number of rotatable bonds is 0. The van der Waals surface area contributed by atoms with Crippen LogP contribution in [-0.4, -0.2) is 18.0 Å². The highest BCUT2D eigenvalue weighted by molar-refractivity contribution is 5.41. The van der Waals surface area contributed by atoms with Crippen molar-refractivity contribution >= 4 is 0 Å². The minimum Gasteiger partial charge on any atom is -0.369 e. The van der Waals surface area contributed by atoms with Crippen LogP contribution in [0.2, 0.25) is 0 Å². The maximum Gasteiger partial charge on any atom is 0.0406 e. The lowest BCUT2D eigenvalue weighted by Crippen LogP contribution is -2.32. The van der Waals surface area contributed by atoms with Crippen LogP contribution in [-0.2, 0) is 0 Å². The topological polar surface area (TPSA) is 3.24 Å². The second-order valence-corrected chi connectivity index (χ2v) is 5.12. The van der Waals surface area contributed by atoms with Crippen LogP contribution < -0.4 is 0 Å². The van der Waals surface area contributed by atoms with Crippen molar-refractivity contribution in [3.05, 3.63) is 22.9 Å². The number of hydrogen-bond acceptors (Lipinski definition) is 1. The summed E-state index contributed by atoms with van der Waals surface area (Å²) in [5.74, 6) is 1.97. The molecule has 5 rings (SSSR count). The van der Waals surface area contributed by atoms with Gasteiger partial charge < -0.3 is 4.90 Å². The molecule has 13 heavy (non-hydrogen) atoms. The Kier molecular flexibility index (Phi) is 1.04. The predicted octanol–water partition coefficient (Wildman–Crippen LogP) is 2.32. The highest BCUT2D eigenvalue weighted by Gasteiger charge is 2.40. The highest BCUT2D eigenvalue weighted by atomic mass is 15.2. The molecule has 1 heteroatoms. The van der Waals surface area contributed by atoms with Crippen molar-refractivity contribution in [2.24, 2.45) is 11.8 Å². The van der Waals surface area contributed by atoms with E-state index < -0.39 is 0 Å². The van der Waals surface area contributed by atoms with Gasteiger partial charge in [-0.3, -0.25) is 0 Å². The van der Waals surface area contributed by atoms with Gasteiger partial charge in [-0.05, 0) is 48.7 Å². The van der Waals surface area contributed by atoms with Crippen LogP contribution in [0.4, 0.5) is 0 Å². The van der Waals surface area contributed by atoms with Crippen molar-refractivity contribution in [3.8, 4) is 0 Å². The molecule has 0 amide bonds. The van der Waals surface area contributed by atoms with E-state index in [0.717, 1.165) is 11.8 Å². The summed E-state index contributed by atoms with van der Waals surface area (Å²) in [4.78, 5) is 2.50. The molecule has 0 saturated heterocycles. The minimum absolute atomic E-state index is 0.966. The van der Waals surface area contributed by atoms with Gasteiger partial charge in [-0.15, -0.1) is 0 Å². The van der Waals surface area contributed by atoms with Crippen molar-refractivity contribution in [1.29, 1.82) is 0 Å². The van der Waals surface area contributed by atoms with E-state index in [2.05, 4.69) is 11.1 Å². The standard InChI is InChI=1S/C12H15N/c1-2-9-3-8(1)11-6-13(7-11)5-10-4-12(9)10/h6,8-9H,1-5,7H2. The van der Waals surface area contributed by atoms with Crippen LogP contribution >= 0.6 is 0 Å². The van der Waals surface area contributed by atoms with Crippen LogP contribution in [0.5, 0.6) is 0 Å². The number of nitrogens with zero attached hydrogens (tertiary/aromatic N) is 1. The average molecular weight is 173 g/mol. The second kappa shape index (κ2) is 2.02. The Balaban J connectivity index is 1.76. The van der Waals surface area contributed by atoms with E-state index in [0.29, 0.717) is 0 Å². The van der Waals surface area contributed by atoms with E-state index in [4.69, 9.17) is 0 Å². The van der Waals surface area contributed by atoms with Gasteiger partial charge in [0.15, 0.2) is 0 Å². The van der Waals surface area contributed by atoms with Crippen molar-refractivity contribution in [3.63, 3.8) is 0 Å². The van der Waals surface area contributed by atoms with Crippen LogP contribution in [0, 0.1) is 11.8 Å². The lowest BCUT2D eigenvalue weighted by atomic mass is 9.92. The second-order valence-electron chi connectivity index (χ2n) is 5.12. The summed E-state index contributed by atoms with van der Waals surface area (Å²) in [6.07, 6.45) is 8.26. The summed E-state index contributed by atoms with van der Waals surface area (Å²) < 4.78 is 0. The minimum atomic E-state index is 0.966. The van der Waals surface area contributed by atoms with E-state index in [1.807, 2.05) is 5.57 Å². The zero-order chi connectivity index (χ0) is 8.41. The summed E-state index contributed by atoms with van der Waals surface area (Å²) in [5, 5.41) is 0. The smallest absolute Gasteiger partial charge is 0.0406 e. The third-order valence-corrected chi connectivity index (χ3v) is 4.31. The van der Waals surface area contributed by atoms with Gasteiger partial charge in [-0.25, -0.2) is 0 Å². The van der Waals surface area contributed by atoms with Crippen LogP contribution in [0.15, 0.2) is 22.9 Å². The maximum atomic E-state index is 2.50. The number of hydrogen-bond donors (Lipinski definition) is 0. The van der Waals surface area contributed by atoms with Gasteiger partial charge in [0.1, 0.15) is 0 Å². The Bertz CT molecular complexity index is 333. The molecular weight excluding hydrogens is 158 g/mol. The molecule has 68 valence electrons. The van der Waals surface area contributed by atoms with E-state index in [1.165, 1.54) is 38.8 Å². The summed E-state index contributed by atoms with van der Waals surface area (Å²) in [7, 11) is 0. The fraction of sp³-hybridized carbons (Fsp3) is 0.667. The molecule has 4 bridgehead atoms. The molecule has 0 aromatic rings. The van der Waals surface area contributed by atoms with E-state index in [-0.39, 0.29) is 0 Å². The van der Waals surface area contributed by atoms with Gasteiger partial charge in [-0.2, -0.15) is 0 Å². The van der Waals surface area contributed by atoms with E-state index >= 15 is 0 Å². The lowest BCUT2D eigenvalue weighted by molar-refractivity contribution is 0.353. The maximum absolute atomic E-state index is 2.50. The molecule has 1 nitrogen and oxygen atoms in total. The molecule has 3 heterocycles. The third kappa shape index (κ3) is 0.827. The lowest BCUT2D eigenvalue weighted by Gasteiger charge is -2.34. The third-order valence-electron chi connectivity index (χ3n) is 4.31. The van der Waals surface area contributed by atoms with Crippen LogP contribution in [0.25, 0.3) is 0 Å². The molecular formula is C12H15N. The molecule has 1 saturated carbocycles. The Labute approximate surface area is 79.1 Å². The van der Waals surface area contributed by atoms with Gasteiger partial charge in [-0.1, -0.05) is 5.57 Å². The van der Waals surface area contributed by atoms with Crippen LogP contribution in [0.3, 0.4) is 0 Å². The molecule has 2 unspecified atom stereocenters. The zero-order valence-corrected chi connectivity index (χ0v) is 7.92. The van der Waals surface area contributed by atoms with Crippen molar-refractivity contribution in [2.45, 2.75) is 25.7 Å². The quantitative estimate of drug-likeness (QED) is 0.508. The Morgan fingerprint density at radius 3 is 2.92 bits per heavy atom. The van der Waals surface area contributed by atoms with Crippen molar-refractivity contribution in [1.82, 2.24) is 4.90 Å². The SMILES string of the molecule is C1=C2CN1CC1=C(C1)C1CCC2C1. The molecule has 3 aliphatic heterocycles. The first-order chi connectivity index (χ1) is 6.40. The van der Waals surface area contributed by atoms with E-state index in [1.54, 1.807) is 11.1 Å². The first-order valence-electron chi connectivity index (χ1n) is 5.55. The molecule has 0 N–H and O–H groups in total. The number of allylic oxidation sites excluding steroid dienone is 1. The van der Waals surface area contributed by atoms with Crippen LogP contribution in [0.1, 0.15) is 25.7 Å². The van der Waals surface area contributed by atoms with Crippen molar-refractivity contribution < 1.29 is 0 Å². The Morgan fingerprint density at radius 1 is 1.15 bits per heavy atom. The fourth-order valence-corrected chi connectivity index (χ4v) is 3.44. The van der Waals surface area contributed by atoms with Gasteiger partial charge in [0.25, 0.3) is 0 Å². The molecule has 2 aliphatic carbocycles. The summed E-state index contributed by atoms with van der Waals surface area (Å²) >= 11 is 0. The molecule has 5 aliphatic rings. The Hall–Kier alpha value is -0.720. The first kappa shape index (κ1) is 6.69. The summed E-state index contributed by atoms with van der Waals surface area (Å²) in [5.41, 5.74) is 5.39. The molecule has 1 fully saturated rings. The normalized spacial score (nSPS) is 40.0. The monoisotopic (exact) mass is 173 g/mol. The molecule has 0 spiro atoms. The van der Waals surface area contributed by atoms with Crippen molar-refractivity contribution in [2.75, 3.05) is 13.1 Å². The van der Waals surface area contributed by atoms with Gasteiger partial charge in [0.2, 0.25) is 0 Å². The Morgan fingerprint density at radius 2 is 2.00 bits per heavy atom. The fourth-order valence-electron chi connectivity index (χ4n) is 3.44. The van der Waals surface area contributed by atoms with Gasteiger partial charge >= 0.3 is 0 Å². The molecule has 0 aromatic carbocycles. The largest absolute Gasteiger partial charge is 0.369 e. The molecule has 2 atom stereocenters. The van der Waals surface area contributed by atoms with Gasteiger partial charge in [0.05, 0.1) is 0 Å². The summed E-state index contributed by atoms with van der Waals surface area (Å²) in [6.45, 7) is 2.55. The molecule has 0 aromatic heterocycles. The first-order valence-corrected chi connectivity index (χ1v) is 5.55. The average Bonchev–Trinajstić information content (AvgIpc) is 2.66. The summed E-state index contributed by atoms with van der Waals surface area (Å²) in [6, 6.07) is 0. The predicted molar refractivity (Wildman–Crippen MR) is 52.1 cm³/mol. The van der Waals surface area contributed by atoms with E-state index in [9.17, 15) is 0 Å². The molecule has 0 radical (unpaired) electrons. The highest BCUT2D eigenvalue weighted by Crippen LogP contribution is 2.51. The zero-order valence-electron chi connectivity index (χ0n) is 7.92. The van der Waals surface area contributed by atoms with Gasteiger partial charge in [0, 0.05) is 19.3 Å².